The van der Waals surface area contributed by atoms with Crippen molar-refractivity contribution in [2.45, 2.75) is 44.0 Å². The third kappa shape index (κ3) is 6.80. The molecule has 0 aliphatic carbocycles. The summed E-state index contributed by atoms with van der Waals surface area (Å²) in [6.07, 6.45) is 2.24. The molecule has 1 amide bonds. The highest BCUT2D eigenvalue weighted by Crippen LogP contribution is 2.21. The second-order valence-corrected chi connectivity index (χ2v) is 9.91. The number of ether oxygens (including phenoxy) is 1. The first-order valence-corrected chi connectivity index (χ1v) is 13.2. The van der Waals surface area contributed by atoms with Gasteiger partial charge in [0.2, 0.25) is 0 Å². The summed E-state index contributed by atoms with van der Waals surface area (Å²) in [6.45, 7) is 6.91. The molecule has 8 nitrogen and oxygen atoms in total. The van der Waals surface area contributed by atoms with Gasteiger partial charge in [0.25, 0.3) is 15.9 Å². The van der Waals surface area contributed by atoms with Crippen molar-refractivity contribution in [3.63, 3.8) is 0 Å². The maximum Gasteiger partial charge on any atom is 0.307 e. The molecule has 0 saturated carbocycles. The average Bonchev–Trinajstić information content (AvgIpc) is 3.29. The number of anilines is 1. The maximum atomic E-state index is 13.3. The monoisotopic (exact) mass is 487 g/mol. The van der Waals surface area contributed by atoms with Crippen LogP contribution in [0.3, 0.4) is 0 Å². The standard InChI is InChI=1S/C25H33N3O5S/c1-3-27-17-8-9-22(27)19-28(18-16-24(29)33-4-2)25(30)20-12-14-21(15-13-20)26-34(31,32)23-10-6-5-7-11-23/h5-7,10-15,22,26H,3-4,8-9,16-19H2,1-2H3. The minimum Gasteiger partial charge on any atom is -0.466 e. The number of nitrogens with one attached hydrogen (secondary N) is 1. The minimum absolute atomic E-state index is 0.132. The number of carbonyl (C=O) groups is 2. The molecule has 1 fully saturated rings. The van der Waals surface area contributed by atoms with Crippen LogP contribution in [0, 0.1) is 0 Å². The molecule has 1 heterocycles. The van der Waals surface area contributed by atoms with Crippen molar-refractivity contribution in [3.05, 3.63) is 60.2 Å². The van der Waals surface area contributed by atoms with Gasteiger partial charge in [0.15, 0.2) is 0 Å². The third-order valence-corrected chi connectivity index (χ3v) is 7.35. The summed E-state index contributed by atoms with van der Waals surface area (Å²) in [5.41, 5.74) is 0.805. The van der Waals surface area contributed by atoms with Gasteiger partial charge >= 0.3 is 5.97 Å². The lowest BCUT2D eigenvalue weighted by atomic mass is 10.1. The van der Waals surface area contributed by atoms with Crippen LogP contribution in [0.5, 0.6) is 0 Å². The van der Waals surface area contributed by atoms with Crippen LogP contribution in [0.4, 0.5) is 5.69 Å². The summed E-state index contributed by atoms with van der Waals surface area (Å²) in [6, 6.07) is 14.7. The molecule has 0 aromatic heterocycles. The van der Waals surface area contributed by atoms with Crippen LogP contribution >= 0.6 is 0 Å². The van der Waals surface area contributed by atoms with Gasteiger partial charge in [-0.15, -0.1) is 0 Å². The highest BCUT2D eigenvalue weighted by atomic mass is 32.2. The van der Waals surface area contributed by atoms with Crippen LogP contribution in [-0.4, -0.2) is 68.9 Å². The summed E-state index contributed by atoms with van der Waals surface area (Å²) >= 11 is 0. The molecule has 1 aliphatic rings. The van der Waals surface area contributed by atoms with Gasteiger partial charge in [-0.3, -0.25) is 19.2 Å². The van der Waals surface area contributed by atoms with E-state index in [9.17, 15) is 18.0 Å². The first-order valence-electron chi connectivity index (χ1n) is 11.7. The predicted molar refractivity (Wildman–Crippen MR) is 131 cm³/mol. The molecular weight excluding hydrogens is 454 g/mol. The Bertz CT molecular complexity index is 1060. The fraction of sp³-hybridized carbons (Fsp3) is 0.440. The summed E-state index contributed by atoms with van der Waals surface area (Å²) in [7, 11) is -3.71. The molecule has 34 heavy (non-hydrogen) atoms. The second kappa shape index (κ2) is 12.0. The number of sulfonamides is 1. The summed E-state index contributed by atoms with van der Waals surface area (Å²) in [4.78, 5) is 29.5. The molecule has 1 saturated heterocycles. The molecule has 0 radical (unpaired) electrons. The van der Waals surface area contributed by atoms with Gasteiger partial charge in [-0.05, 0) is 69.3 Å². The van der Waals surface area contributed by atoms with Gasteiger partial charge in [-0.2, -0.15) is 0 Å². The molecule has 1 unspecified atom stereocenters. The minimum atomic E-state index is -3.71. The molecule has 3 rings (SSSR count). The SMILES string of the molecule is CCOC(=O)CCN(CC1CCCN1CC)C(=O)c1ccc(NS(=O)(=O)c2ccccc2)cc1. The Morgan fingerprint density at radius 3 is 2.44 bits per heavy atom. The number of amides is 1. The molecule has 2 aromatic carbocycles. The van der Waals surface area contributed by atoms with Crippen LogP contribution in [0.1, 0.15) is 43.5 Å². The van der Waals surface area contributed by atoms with Gasteiger partial charge in [0.1, 0.15) is 0 Å². The largest absolute Gasteiger partial charge is 0.466 e. The van der Waals surface area contributed by atoms with E-state index in [-0.39, 0.29) is 35.8 Å². The lowest BCUT2D eigenvalue weighted by Crippen LogP contribution is -2.44. The Morgan fingerprint density at radius 1 is 1.09 bits per heavy atom. The van der Waals surface area contributed by atoms with E-state index in [1.54, 1.807) is 54.3 Å². The summed E-state index contributed by atoms with van der Waals surface area (Å²) in [5.74, 6) is -0.519. The average molecular weight is 488 g/mol. The quantitative estimate of drug-likeness (QED) is 0.488. The number of esters is 1. The Kier molecular flexibility index (Phi) is 9.06. The number of likely N-dealkylation sites (tertiary alicyclic amines) is 1. The first kappa shape index (κ1) is 25.7. The van der Waals surface area contributed by atoms with E-state index in [2.05, 4.69) is 16.5 Å². The fourth-order valence-corrected chi connectivity index (χ4v) is 5.26. The highest BCUT2D eigenvalue weighted by molar-refractivity contribution is 7.92. The number of benzene rings is 2. The summed E-state index contributed by atoms with van der Waals surface area (Å²) in [5, 5.41) is 0. The zero-order chi connectivity index (χ0) is 24.6. The van der Waals surface area contributed by atoms with Crippen molar-refractivity contribution in [3.8, 4) is 0 Å². The Morgan fingerprint density at radius 2 is 1.79 bits per heavy atom. The van der Waals surface area contributed by atoms with Gasteiger partial charge in [0, 0.05) is 30.4 Å². The highest BCUT2D eigenvalue weighted by Gasteiger charge is 2.28. The Labute approximate surface area is 201 Å². The van der Waals surface area contributed by atoms with E-state index in [4.69, 9.17) is 4.74 Å². The second-order valence-electron chi connectivity index (χ2n) is 8.23. The lowest BCUT2D eigenvalue weighted by Gasteiger charge is -2.30. The number of rotatable bonds is 11. The molecule has 9 heteroatoms. The fourth-order valence-electron chi connectivity index (χ4n) is 4.18. The number of likely N-dealkylation sites (N-methyl/N-ethyl adjacent to an activating group) is 1. The van der Waals surface area contributed by atoms with Crippen molar-refractivity contribution in [1.29, 1.82) is 0 Å². The molecule has 1 aliphatic heterocycles. The number of hydrogen-bond acceptors (Lipinski definition) is 6. The van der Waals surface area contributed by atoms with E-state index in [0.717, 1.165) is 25.9 Å². The smallest absolute Gasteiger partial charge is 0.307 e. The van der Waals surface area contributed by atoms with Gasteiger partial charge in [-0.25, -0.2) is 8.42 Å². The van der Waals surface area contributed by atoms with Crippen LogP contribution in [0.15, 0.2) is 59.5 Å². The van der Waals surface area contributed by atoms with Crippen LogP contribution < -0.4 is 4.72 Å². The molecule has 1 atom stereocenters. The van der Waals surface area contributed by atoms with Gasteiger partial charge in [-0.1, -0.05) is 25.1 Å². The Balaban J connectivity index is 1.72. The normalized spacial score (nSPS) is 16.2. The molecule has 1 N–H and O–H groups in total. The van der Waals surface area contributed by atoms with Gasteiger partial charge < -0.3 is 9.64 Å². The lowest BCUT2D eigenvalue weighted by molar-refractivity contribution is -0.143. The molecule has 184 valence electrons. The van der Waals surface area contributed by atoms with Crippen molar-refractivity contribution in [1.82, 2.24) is 9.80 Å². The van der Waals surface area contributed by atoms with E-state index < -0.39 is 10.0 Å². The number of carbonyl (C=O) groups excluding carboxylic acids is 2. The zero-order valence-electron chi connectivity index (χ0n) is 19.8. The van der Waals surface area contributed by atoms with E-state index in [0.29, 0.717) is 24.4 Å². The predicted octanol–water partition coefficient (Wildman–Crippen LogP) is 3.37. The maximum absolute atomic E-state index is 13.3. The van der Waals surface area contributed by atoms with Crippen molar-refractivity contribution < 1.29 is 22.7 Å². The molecule has 0 spiro atoms. The van der Waals surface area contributed by atoms with Crippen molar-refractivity contribution in [2.75, 3.05) is 37.5 Å². The number of nitrogens with zero attached hydrogens (tertiary/aromatic N) is 2. The van der Waals surface area contributed by atoms with Crippen molar-refractivity contribution in [2.24, 2.45) is 0 Å². The van der Waals surface area contributed by atoms with Crippen LogP contribution in [0.2, 0.25) is 0 Å². The van der Waals surface area contributed by atoms with E-state index >= 15 is 0 Å². The molecular formula is C25H33N3O5S. The number of hydrogen-bond donors (Lipinski definition) is 1. The topological polar surface area (TPSA) is 96.0 Å². The van der Waals surface area contributed by atoms with E-state index in [1.165, 1.54) is 12.1 Å². The summed E-state index contributed by atoms with van der Waals surface area (Å²) < 4.78 is 32.7. The Hall–Kier alpha value is -2.91. The third-order valence-electron chi connectivity index (χ3n) is 5.95. The van der Waals surface area contributed by atoms with Crippen LogP contribution in [-0.2, 0) is 19.6 Å². The van der Waals surface area contributed by atoms with E-state index in [1.807, 2.05) is 0 Å². The zero-order valence-corrected chi connectivity index (χ0v) is 20.6. The van der Waals surface area contributed by atoms with Gasteiger partial charge in [0.05, 0.1) is 17.9 Å². The molecule has 2 aromatic rings. The molecule has 0 bridgehead atoms. The van der Waals surface area contributed by atoms with Crippen LogP contribution in [0.25, 0.3) is 0 Å². The van der Waals surface area contributed by atoms with Crippen molar-refractivity contribution >= 4 is 27.6 Å². The first-order chi connectivity index (χ1) is 16.3.